The highest BCUT2D eigenvalue weighted by atomic mass is 19.4. The second-order valence-corrected chi connectivity index (χ2v) is 4.81. The van der Waals surface area contributed by atoms with E-state index in [1.807, 2.05) is 0 Å². The molecule has 0 saturated heterocycles. The topological polar surface area (TPSA) is 56.7 Å². The van der Waals surface area contributed by atoms with Crippen molar-refractivity contribution in [2.24, 2.45) is 5.73 Å². The third-order valence-corrected chi connectivity index (χ3v) is 3.13. The molecular formula is C14H17F3N4. The van der Waals surface area contributed by atoms with Crippen LogP contribution in [-0.4, -0.2) is 21.5 Å². The predicted molar refractivity (Wildman–Crippen MR) is 72.6 cm³/mol. The zero-order valence-electron chi connectivity index (χ0n) is 11.5. The van der Waals surface area contributed by atoms with Gasteiger partial charge in [-0.15, -0.1) is 5.10 Å². The summed E-state index contributed by atoms with van der Waals surface area (Å²) in [6.45, 7) is 0.673. The molecule has 0 spiro atoms. The second-order valence-electron chi connectivity index (χ2n) is 4.81. The van der Waals surface area contributed by atoms with E-state index in [4.69, 9.17) is 5.73 Å². The molecule has 0 saturated carbocycles. The highest BCUT2D eigenvalue weighted by Gasteiger charge is 2.32. The molecule has 1 heterocycles. The van der Waals surface area contributed by atoms with Crippen molar-refractivity contribution in [3.8, 4) is 0 Å². The van der Waals surface area contributed by atoms with Crippen molar-refractivity contribution in [3.63, 3.8) is 0 Å². The first-order chi connectivity index (χ1) is 10.0. The summed E-state index contributed by atoms with van der Waals surface area (Å²) in [5.74, 6) is 0. The molecule has 2 N–H and O–H groups in total. The van der Waals surface area contributed by atoms with E-state index in [9.17, 15) is 13.2 Å². The average Bonchev–Trinajstić information content (AvgIpc) is 2.86. The lowest BCUT2D eigenvalue weighted by Gasteiger charge is -2.12. The van der Waals surface area contributed by atoms with Gasteiger partial charge in [0.25, 0.3) is 0 Å². The summed E-state index contributed by atoms with van der Waals surface area (Å²) in [5, 5.41) is 7.85. The number of nitrogens with zero attached hydrogens (tertiary/aromatic N) is 3. The van der Waals surface area contributed by atoms with Crippen LogP contribution in [0.1, 0.15) is 29.7 Å². The Morgan fingerprint density at radius 2 is 1.90 bits per heavy atom. The van der Waals surface area contributed by atoms with Crippen molar-refractivity contribution in [3.05, 3.63) is 47.3 Å². The SMILES string of the molecule is NCCCCc1cn(Cc2ccccc2C(F)(F)F)nn1. The van der Waals surface area contributed by atoms with E-state index in [1.165, 1.54) is 16.8 Å². The third kappa shape index (κ3) is 4.29. The molecule has 0 amide bonds. The van der Waals surface area contributed by atoms with Crippen LogP contribution in [0.3, 0.4) is 0 Å². The summed E-state index contributed by atoms with van der Waals surface area (Å²) in [6.07, 6.45) is -0.152. The molecule has 1 aromatic carbocycles. The van der Waals surface area contributed by atoms with Gasteiger partial charge in [0, 0.05) is 6.20 Å². The van der Waals surface area contributed by atoms with Crippen LogP contribution in [0.4, 0.5) is 13.2 Å². The maximum Gasteiger partial charge on any atom is 0.416 e. The predicted octanol–water partition coefficient (Wildman–Crippen LogP) is 2.63. The minimum Gasteiger partial charge on any atom is -0.330 e. The Hall–Kier alpha value is -1.89. The van der Waals surface area contributed by atoms with E-state index < -0.39 is 11.7 Å². The van der Waals surface area contributed by atoms with Crippen LogP contribution in [0.25, 0.3) is 0 Å². The summed E-state index contributed by atoms with van der Waals surface area (Å²) >= 11 is 0. The van der Waals surface area contributed by atoms with Gasteiger partial charge in [-0.1, -0.05) is 23.4 Å². The first-order valence-corrected chi connectivity index (χ1v) is 6.75. The van der Waals surface area contributed by atoms with Crippen LogP contribution in [0.2, 0.25) is 0 Å². The van der Waals surface area contributed by atoms with Gasteiger partial charge in [0.1, 0.15) is 0 Å². The molecule has 0 aliphatic heterocycles. The molecule has 2 aromatic rings. The molecule has 21 heavy (non-hydrogen) atoms. The molecule has 0 atom stereocenters. The smallest absolute Gasteiger partial charge is 0.330 e. The Morgan fingerprint density at radius 3 is 2.62 bits per heavy atom. The van der Waals surface area contributed by atoms with Crippen molar-refractivity contribution in [2.45, 2.75) is 32.0 Å². The number of rotatable bonds is 6. The van der Waals surface area contributed by atoms with Gasteiger partial charge in [-0.05, 0) is 37.4 Å². The molecule has 0 aliphatic rings. The summed E-state index contributed by atoms with van der Waals surface area (Å²) in [7, 11) is 0. The highest BCUT2D eigenvalue weighted by Crippen LogP contribution is 2.32. The highest BCUT2D eigenvalue weighted by molar-refractivity contribution is 5.29. The van der Waals surface area contributed by atoms with Crippen LogP contribution < -0.4 is 5.73 Å². The average molecular weight is 298 g/mol. The molecule has 7 heteroatoms. The number of unbranched alkanes of at least 4 members (excludes halogenated alkanes) is 1. The molecule has 4 nitrogen and oxygen atoms in total. The Bertz CT molecular complexity index is 578. The number of benzene rings is 1. The first-order valence-electron chi connectivity index (χ1n) is 6.75. The maximum absolute atomic E-state index is 12.9. The fourth-order valence-electron chi connectivity index (χ4n) is 2.09. The van der Waals surface area contributed by atoms with Gasteiger partial charge in [-0.2, -0.15) is 13.2 Å². The quantitative estimate of drug-likeness (QED) is 0.834. The number of nitrogens with two attached hydrogens (primary N) is 1. The zero-order chi connectivity index (χ0) is 15.3. The van der Waals surface area contributed by atoms with E-state index in [-0.39, 0.29) is 12.1 Å². The molecule has 114 valence electrons. The van der Waals surface area contributed by atoms with Crippen LogP contribution in [0.5, 0.6) is 0 Å². The Kier molecular flexibility index (Phi) is 4.95. The Labute approximate surface area is 120 Å². The van der Waals surface area contributed by atoms with Crippen molar-refractivity contribution in [1.82, 2.24) is 15.0 Å². The zero-order valence-corrected chi connectivity index (χ0v) is 11.5. The number of aryl methyl sites for hydroxylation is 1. The summed E-state index contributed by atoms with van der Waals surface area (Å²) in [5.41, 5.74) is 5.73. The van der Waals surface area contributed by atoms with Gasteiger partial charge >= 0.3 is 6.18 Å². The molecular weight excluding hydrogens is 281 g/mol. The lowest BCUT2D eigenvalue weighted by molar-refractivity contribution is -0.138. The van der Waals surface area contributed by atoms with E-state index in [0.717, 1.165) is 31.0 Å². The largest absolute Gasteiger partial charge is 0.416 e. The van der Waals surface area contributed by atoms with Crippen LogP contribution in [-0.2, 0) is 19.1 Å². The fourth-order valence-corrected chi connectivity index (χ4v) is 2.09. The van der Waals surface area contributed by atoms with Crippen molar-refractivity contribution in [2.75, 3.05) is 6.54 Å². The lowest BCUT2D eigenvalue weighted by Crippen LogP contribution is -2.11. The maximum atomic E-state index is 12.9. The molecule has 1 aromatic heterocycles. The second kappa shape index (κ2) is 6.71. The number of hydrogen-bond acceptors (Lipinski definition) is 3. The number of alkyl halides is 3. The molecule has 0 bridgehead atoms. The van der Waals surface area contributed by atoms with Gasteiger partial charge in [-0.25, -0.2) is 4.68 Å². The van der Waals surface area contributed by atoms with Crippen molar-refractivity contribution in [1.29, 1.82) is 0 Å². The summed E-state index contributed by atoms with van der Waals surface area (Å²) < 4.78 is 40.1. The number of halogens is 3. The van der Waals surface area contributed by atoms with E-state index in [0.29, 0.717) is 6.54 Å². The van der Waals surface area contributed by atoms with E-state index in [2.05, 4.69) is 10.3 Å². The number of hydrogen-bond donors (Lipinski definition) is 1. The summed E-state index contributed by atoms with van der Waals surface area (Å²) in [4.78, 5) is 0. The van der Waals surface area contributed by atoms with Gasteiger partial charge in [-0.3, -0.25) is 0 Å². The Balaban J connectivity index is 2.09. The van der Waals surface area contributed by atoms with Gasteiger partial charge < -0.3 is 5.73 Å². The number of aromatic nitrogens is 3. The van der Waals surface area contributed by atoms with Gasteiger partial charge in [0.05, 0.1) is 17.8 Å². The fraction of sp³-hybridized carbons (Fsp3) is 0.429. The van der Waals surface area contributed by atoms with Crippen LogP contribution >= 0.6 is 0 Å². The molecule has 0 aliphatic carbocycles. The van der Waals surface area contributed by atoms with Gasteiger partial charge in [0.15, 0.2) is 0 Å². The normalized spacial score (nSPS) is 11.8. The summed E-state index contributed by atoms with van der Waals surface area (Å²) in [6, 6.07) is 5.50. The monoisotopic (exact) mass is 298 g/mol. The van der Waals surface area contributed by atoms with Crippen LogP contribution in [0, 0.1) is 0 Å². The molecule has 0 fully saturated rings. The van der Waals surface area contributed by atoms with Crippen molar-refractivity contribution >= 4 is 0 Å². The standard InChI is InChI=1S/C14H17F3N4/c15-14(16,17)13-7-2-1-5-11(13)9-21-10-12(19-20-21)6-3-4-8-18/h1-2,5,7,10H,3-4,6,8-9,18H2. The lowest BCUT2D eigenvalue weighted by atomic mass is 10.1. The third-order valence-electron chi connectivity index (χ3n) is 3.13. The van der Waals surface area contributed by atoms with Crippen LogP contribution in [0.15, 0.2) is 30.5 Å². The molecule has 2 rings (SSSR count). The van der Waals surface area contributed by atoms with E-state index in [1.54, 1.807) is 12.3 Å². The Morgan fingerprint density at radius 1 is 1.14 bits per heavy atom. The van der Waals surface area contributed by atoms with Crippen molar-refractivity contribution < 1.29 is 13.2 Å². The molecule has 0 radical (unpaired) electrons. The minimum atomic E-state index is -4.36. The van der Waals surface area contributed by atoms with Gasteiger partial charge in [0.2, 0.25) is 0 Å². The first kappa shape index (κ1) is 15.5. The van der Waals surface area contributed by atoms with E-state index >= 15 is 0 Å². The minimum absolute atomic E-state index is 0.0551. The molecule has 0 unspecified atom stereocenters.